The van der Waals surface area contributed by atoms with Gasteiger partial charge in [-0.05, 0) is 49.7 Å². The van der Waals surface area contributed by atoms with Crippen molar-refractivity contribution in [3.8, 4) is 0 Å². The van der Waals surface area contributed by atoms with Gasteiger partial charge in [-0.3, -0.25) is 4.31 Å². The first-order chi connectivity index (χ1) is 16.9. The topological polar surface area (TPSA) is 62.5 Å². The minimum Gasteiger partial charge on any atom is -0.389 e. The summed E-state index contributed by atoms with van der Waals surface area (Å²) >= 11 is 0. The highest BCUT2D eigenvalue weighted by Crippen LogP contribution is 2.30. The molecular formula is C29H28N2O3S. The number of rotatable bonds is 7. The third-order valence-corrected chi connectivity index (χ3v) is 8.24. The van der Waals surface area contributed by atoms with Gasteiger partial charge in [-0.2, -0.15) is 0 Å². The standard InChI is InChI=1S/C29H28N2O3S/c1-21-15-17-24(18-16-21)35(33,34)31(27-12-6-3-9-22(27)2)20-23(32)19-30-28-13-7-4-10-25(28)26-11-5-8-14-29(26)30/h3-18,23,32H,19-20H2,1-2H3/t23-/m1/s1. The van der Waals surface area contributed by atoms with Gasteiger partial charge in [0.1, 0.15) is 0 Å². The number of hydrogen-bond donors (Lipinski definition) is 1. The zero-order chi connectivity index (χ0) is 24.6. The quantitative estimate of drug-likeness (QED) is 0.324. The Balaban J connectivity index is 1.54. The molecule has 1 atom stereocenters. The molecule has 0 aliphatic heterocycles. The van der Waals surface area contributed by atoms with Gasteiger partial charge in [-0.25, -0.2) is 8.42 Å². The molecule has 6 heteroatoms. The molecule has 0 unspecified atom stereocenters. The van der Waals surface area contributed by atoms with Crippen LogP contribution >= 0.6 is 0 Å². The van der Waals surface area contributed by atoms with Gasteiger partial charge < -0.3 is 9.67 Å². The highest BCUT2D eigenvalue weighted by Gasteiger charge is 2.28. The van der Waals surface area contributed by atoms with Crippen molar-refractivity contribution in [3.63, 3.8) is 0 Å². The van der Waals surface area contributed by atoms with Gasteiger partial charge in [0.2, 0.25) is 0 Å². The minimum atomic E-state index is -3.89. The van der Waals surface area contributed by atoms with E-state index in [9.17, 15) is 13.5 Å². The number of aryl methyl sites for hydroxylation is 2. The Morgan fingerprint density at radius 1 is 0.771 bits per heavy atom. The third kappa shape index (κ3) is 4.31. The monoisotopic (exact) mass is 484 g/mol. The maximum atomic E-state index is 13.8. The first kappa shape index (κ1) is 23.1. The second-order valence-electron chi connectivity index (χ2n) is 8.93. The van der Waals surface area contributed by atoms with E-state index in [1.165, 1.54) is 4.31 Å². The van der Waals surface area contributed by atoms with Crippen LogP contribution in [0.1, 0.15) is 11.1 Å². The molecule has 1 aromatic heterocycles. The molecule has 4 aromatic carbocycles. The number of sulfonamides is 1. The number of anilines is 1. The molecule has 178 valence electrons. The van der Waals surface area contributed by atoms with E-state index in [0.29, 0.717) is 5.69 Å². The average molecular weight is 485 g/mol. The zero-order valence-corrected chi connectivity index (χ0v) is 20.6. The number of para-hydroxylation sites is 3. The van der Waals surface area contributed by atoms with E-state index in [0.717, 1.165) is 32.9 Å². The summed E-state index contributed by atoms with van der Waals surface area (Å²) in [5.41, 5.74) is 4.40. The van der Waals surface area contributed by atoms with Crippen LogP contribution in [-0.4, -0.2) is 30.7 Å². The molecule has 0 amide bonds. The van der Waals surface area contributed by atoms with E-state index in [4.69, 9.17) is 0 Å². The normalized spacial score (nSPS) is 12.8. The second kappa shape index (κ2) is 9.21. The summed E-state index contributed by atoms with van der Waals surface area (Å²) in [6.07, 6.45) is -0.936. The molecule has 1 heterocycles. The maximum absolute atomic E-state index is 13.8. The SMILES string of the molecule is Cc1ccc(S(=O)(=O)N(C[C@H](O)Cn2c3ccccc3c3ccccc32)c2ccccc2C)cc1. The lowest BCUT2D eigenvalue weighted by Gasteiger charge is -2.28. The maximum Gasteiger partial charge on any atom is 0.264 e. The predicted octanol–water partition coefficient (Wildman–Crippen LogP) is 5.67. The Labute approximate surface area is 205 Å². The van der Waals surface area contributed by atoms with Crippen LogP contribution < -0.4 is 4.31 Å². The highest BCUT2D eigenvalue weighted by atomic mass is 32.2. The largest absolute Gasteiger partial charge is 0.389 e. The van der Waals surface area contributed by atoms with Crippen molar-refractivity contribution in [1.82, 2.24) is 4.57 Å². The van der Waals surface area contributed by atoms with E-state index in [1.54, 1.807) is 30.3 Å². The highest BCUT2D eigenvalue weighted by molar-refractivity contribution is 7.92. The summed E-state index contributed by atoms with van der Waals surface area (Å²) in [5.74, 6) is 0. The molecule has 0 spiro atoms. The van der Waals surface area contributed by atoms with Crippen LogP contribution in [0.25, 0.3) is 21.8 Å². The van der Waals surface area contributed by atoms with E-state index in [1.807, 2.05) is 68.4 Å². The Kier molecular flexibility index (Phi) is 6.09. The summed E-state index contributed by atoms with van der Waals surface area (Å²) in [6, 6.07) is 30.4. The fourth-order valence-corrected chi connectivity index (χ4v) is 6.23. The molecule has 0 aliphatic carbocycles. The lowest BCUT2D eigenvalue weighted by Crippen LogP contribution is -2.39. The Morgan fingerprint density at radius 3 is 1.91 bits per heavy atom. The van der Waals surface area contributed by atoms with Gasteiger partial charge in [0.05, 0.1) is 29.8 Å². The summed E-state index contributed by atoms with van der Waals surface area (Å²) in [6.45, 7) is 4.00. The van der Waals surface area contributed by atoms with Crippen molar-refractivity contribution in [1.29, 1.82) is 0 Å². The lowest BCUT2D eigenvalue weighted by atomic mass is 10.2. The number of nitrogens with zero attached hydrogens (tertiary/aromatic N) is 2. The van der Waals surface area contributed by atoms with E-state index >= 15 is 0 Å². The van der Waals surface area contributed by atoms with Gasteiger partial charge in [0, 0.05) is 21.8 Å². The number of aliphatic hydroxyl groups excluding tert-OH is 1. The van der Waals surface area contributed by atoms with Crippen LogP contribution in [0.5, 0.6) is 0 Å². The second-order valence-corrected chi connectivity index (χ2v) is 10.8. The van der Waals surface area contributed by atoms with Crippen LogP contribution in [0.2, 0.25) is 0 Å². The van der Waals surface area contributed by atoms with Crippen molar-refractivity contribution < 1.29 is 13.5 Å². The van der Waals surface area contributed by atoms with Gasteiger partial charge in [-0.15, -0.1) is 0 Å². The fraction of sp³-hybridized carbons (Fsp3) is 0.172. The van der Waals surface area contributed by atoms with Gasteiger partial charge in [0.25, 0.3) is 10.0 Å². The van der Waals surface area contributed by atoms with Crippen molar-refractivity contribution in [3.05, 3.63) is 108 Å². The van der Waals surface area contributed by atoms with Crippen LogP contribution in [0.15, 0.2) is 102 Å². The van der Waals surface area contributed by atoms with Crippen molar-refractivity contribution in [2.75, 3.05) is 10.8 Å². The molecule has 0 bridgehead atoms. The van der Waals surface area contributed by atoms with E-state index in [-0.39, 0.29) is 18.0 Å². The summed E-state index contributed by atoms with van der Waals surface area (Å²) < 4.78 is 30.9. The molecule has 5 nitrogen and oxygen atoms in total. The first-order valence-electron chi connectivity index (χ1n) is 11.7. The number of aliphatic hydroxyl groups is 1. The molecule has 0 radical (unpaired) electrons. The number of hydrogen-bond acceptors (Lipinski definition) is 3. The average Bonchev–Trinajstić information content (AvgIpc) is 3.17. The molecule has 0 aliphatic rings. The number of aromatic nitrogens is 1. The van der Waals surface area contributed by atoms with Gasteiger partial charge in [0.15, 0.2) is 0 Å². The smallest absolute Gasteiger partial charge is 0.264 e. The zero-order valence-electron chi connectivity index (χ0n) is 19.8. The van der Waals surface area contributed by atoms with Crippen LogP contribution in [0.3, 0.4) is 0 Å². The minimum absolute atomic E-state index is 0.0676. The molecule has 0 saturated carbocycles. The third-order valence-electron chi connectivity index (χ3n) is 6.44. The van der Waals surface area contributed by atoms with Crippen LogP contribution in [0, 0.1) is 13.8 Å². The van der Waals surface area contributed by atoms with Crippen molar-refractivity contribution >= 4 is 37.5 Å². The molecule has 5 rings (SSSR count). The summed E-state index contributed by atoms with van der Waals surface area (Å²) in [4.78, 5) is 0.204. The Hall–Kier alpha value is -3.61. The van der Waals surface area contributed by atoms with Gasteiger partial charge in [-0.1, -0.05) is 72.3 Å². The van der Waals surface area contributed by atoms with Crippen molar-refractivity contribution in [2.45, 2.75) is 31.4 Å². The molecule has 5 aromatic rings. The molecule has 0 saturated heterocycles. The molecule has 1 N–H and O–H groups in total. The van der Waals surface area contributed by atoms with Crippen LogP contribution in [-0.2, 0) is 16.6 Å². The number of fused-ring (bicyclic) bond motifs is 3. The summed E-state index contributed by atoms with van der Waals surface area (Å²) in [7, 11) is -3.89. The van der Waals surface area contributed by atoms with Crippen LogP contribution in [0.4, 0.5) is 5.69 Å². The first-order valence-corrected chi connectivity index (χ1v) is 13.1. The Morgan fingerprint density at radius 2 is 1.31 bits per heavy atom. The lowest BCUT2D eigenvalue weighted by molar-refractivity contribution is 0.166. The predicted molar refractivity (Wildman–Crippen MR) is 142 cm³/mol. The van der Waals surface area contributed by atoms with Gasteiger partial charge >= 0.3 is 0 Å². The Bertz CT molecular complexity index is 1550. The van der Waals surface area contributed by atoms with E-state index < -0.39 is 16.1 Å². The molecule has 0 fully saturated rings. The summed E-state index contributed by atoms with van der Waals surface area (Å²) in [5, 5.41) is 13.5. The van der Waals surface area contributed by atoms with Crippen molar-refractivity contribution in [2.24, 2.45) is 0 Å². The van der Waals surface area contributed by atoms with E-state index in [2.05, 4.69) is 16.7 Å². The molecular weight excluding hydrogens is 456 g/mol. The fourth-order valence-electron chi connectivity index (χ4n) is 4.67. The molecule has 35 heavy (non-hydrogen) atoms. The number of benzene rings is 4.